The Labute approximate surface area is 264 Å². The summed E-state index contributed by atoms with van der Waals surface area (Å²) in [6.07, 6.45) is -0.335. The first kappa shape index (κ1) is 31.1. The number of hydrogen-bond donors (Lipinski definition) is 6. The number of carbonyl (C=O) groups is 4. The first-order valence-electron chi connectivity index (χ1n) is 12.4. The molecule has 2 aliphatic heterocycles. The van der Waals surface area contributed by atoms with Gasteiger partial charge < -0.3 is 36.3 Å². The minimum atomic E-state index is -1.31. The largest absolute Gasteiger partial charge is 0.504 e. The van der Waals surface area contributed by atoms with Gasteiger partial charge in [0.15, 0.2) is 26.7 Å². The number of fused-ring (bicyclic) bond motifs is 1. The molecule has 0 bridgehead atoms. The van der Waals surface area contributed by atoms with Crippen LogP contribution in [0.15, 0.2) is 44.3 Å². The van der Waals surface area contributed by atoms with Crippen molar-refractivity contribution in [3.05, 3.63) is 45.4 Å². The van der Waals surface area contributed by atoms with Crippen LogP contribution < -0.4 is 11.1 Å². The van der Waals surface area contributed by atoms with Crippen molar-refractivity contribution < 1.29 is 44.4 Å². The van der Waals surface area contributed by atoms with Crippen molar-refractivity contribution in [1.82, 2.24) is 20.2 Å². The smallest absolute Gasteiger partial charge is 0.352 e. The van der Waals surface area contributed by atoms with E-state index in [1.807, 2.05) is 0 Å². The Morgan fingerprint density at radius 1 is 1.23 bits per heavy atom. The second kappa shape index (κ2) is 12.7. The number of carboxylic acids is 2. The lowest BCUT2D eigenvalue weighted by Crippen LogP contribution is -2.71. The summed E-state index contributed by atoms with van der Waals surface area (Å²) < 4.78 is 0.445. The van der Waals surface area contributed by atoms with E-state index >= 15 is 0 Å². The Morgan fingerprint density at radius 3 is 2.64 bits per heavy atom. The predicted octanol–water partition coefficient (Wildman–Crippen LogP) is 1.77. The Hall–Kier alpha value is -4.33. The first-order chi connectivity index (χ1) is 21.0. The summed E-state index contributed by atoms with van der Waals surface area (Å²) >= 11 is 4.66. The van der Waals surface area contributed by atoms with Gasteiger partial charge in [-0.3, -0.25) is 19.3 Å². The van der Waals surface area contributed by atoms with Crippen molar-refractivity contribution in [3.8, 4) is 22.8 Å². The fraction of sp³-hybridized carbons (Fsp3) is 0.240. The molecule has 0 unspecified atom stereocenters. The van der Waals surface area contributed by atoms with E-state index in [1.165, 1.54) is 54.2 Å². The van der Waals surface area contributed by atoms with Gasteiger partial charge in [0.25, 0.3) is 11.8 Å². The number of carboxylic acid groups (broad SMARTS) is 2. The van der Waals surface area contributed by atoms with E-state index < -0.39 is 35.2 Å². The van der Waals surface area contributed by atoms with Crippen LogP contribution in [0.3, 0.4) is 0 Å². The number of aliphatic carboxylic acids is 2. The normalized spacial score (nSPS) is 18.1. The monoisotopic (exact) mass is 678 g/mol. The maximum Gasteiger partial charge on any atom is 0.352 e. The number of amides is 2. The topological polar surface area (TPSA) is 238 Å². The summed E-state index contributed by atoms with van der Waals surface area (Å²) in [5, 5.41) is 46.3. The van der Waals surface area contributed by atoms with Gasteiger partial charge in [-0.1, -0.05) is 16.9 Å². The van der Waals surface area contributed by atoms with Gasteiger partial charge in [0, 0.05) is 27.3 Å². The molecule has 2 aliphatic rings. The van der Waals surface area contributed by atoms with E-state index in [2.05, 4.69) is 20.4 Å². The van der Waals surface area contributed by atoms with Gasteiger partial charge in [-0.2, -0.15) is 0 Å². The van der Waals surface area contributed by atoms with E-state index in [9.17, 15) is 39.6 Å². The number of phenols is 2. The predicted molar refractivity (Wildman–Crippen MR) is 163 cm³/mol. The van der Waals surface area contributed by atoms with Crippen LogP contribution in [0.5, 0.6) is 11.5 Å². The number of β-lactam (4-membered cyclic amide) rings is 1. The van der Waals surface area contributed by atoms with Crippen molar-refractivity contribution in [2.45, 2.75) is 22.2 Å². The standard InChI is InChI=1S/C25H22N6O9S4/c1-40-30-17(11-8-42-24(26)27-11)20(36)28-18-21(37)31-19(23(38)39)10(6-41-22(18)31)7-43-25-29-16(14(44-25)5-15(34)35)9-2-3-12(32)13(33)4-9/h2-4,8,18,22,32-33H,5-7H2,1H3,(H2,26,27)(H,28,36)(H,34,35)(H,38,39)/b30-17-/t18-,22-/m1/s1. The molecular weight excluding hydrogens is 657 g/mol. The average molecular weight is 679 g/mol. The zero-order valence-electron chi connectivity index (χ0n) is 22.4. The number of phenolic OH excluding ortho intramolecular Hbond substituents is 2. The Kier molecular flexibility index (Phi) is 9.00. The second-order valence-electron chi connectivity index (χ2n) is 9.13. The van der Waals surface area contributed by atoms with Crippen molar-refractivity contribution in [2.75, 3.05) is 24.3 Å². The first-order valence-corrected chi connectivity index (χ1v) is 16.1. The van der Waals surface area contributed by atoms with E-state index in [0.717, 1.165) is 27.6 Å². The molecule has 15 nitrogen and oxygen atoms in total. The fourth-order valence-electron chi connectivity index (χ4n) is 4.39. The molecule has 2 amide bonds. The number of aromatic nitrogens is 2. The number of carbonyl (C=O) groups excluding carboxylic acids is 2. The highest BCUT2D eigenvalue weighted by Gasteiger charge is 2.54. The van der Waals surface area contributed by atoms with Crippen LogP contribution in [0.4, 0.5) is 5.13 Å². The van der Waals surface area contributed by atoms with Gasteiger partial charge in [-0.05, 0) is 23.8 Å². The number of nitrogens with two attached hydrogens (primary N) is 1. The lowest BCUT2D eigenvalue weighted by molar-refractivity contribution is -0.150. The molecular formula is C25H22N6O9S4. The van der Waals surface area contributed by atoms with Gasteiger partial charge >= 0.3 is 11.9 Å². The lowest BCUT2D eigenvalue weighted by atomic mass is 10.0. The van der Waals surface area contributed by atoms with E-state index in [0.29, 0.717) is 26.0 Å². The van der Waals surface area contributed by atoms with E-state index in [1.54, 1.807) is 0 Å². The molecule has 1 saturated heterocycles. The molecule has 2 atom stereocenters. The van der Waals surface area contributed by atoms with Gasteiger partial charge in [-0.15, -0.1) is 34.4 Å². The molecule has 0 aliphatic carbocycles. The highest BCUT2D eigenvalue weighted by atomic mass is 32.2. The summed E-state index contributed by atoms with van der Waals surface area (Å²) in [5.74, 6) is -4.10. The number of thiazole rings is 2. The van der Waals surface area contributed by atoms with Crippen LogP contribution in [-0.4, -0.2) is 94.8 Å². The van der Waals surface area contributed by atoms with E-state index in [-0.39, 0.29) is 51.7 Å². The number of anilines is 1. The fourth-order valence-corrected chi connectivity index (χ4v) is 8.62. The minimum absolute atomic E-state index is 0.137. The number of aromatic hydroxyl groups is 2. The van der Waals surface area contributed by atoms with Gasteiger partial charge in [-0.25, -0.2) is 14.8 Å². The number of rotatable bonds is 11. The molecule has 7 N–H and O–H groups in total. The quantitative estimate of drug-likeness (QED) is 0.0557. The Balaban J connectivity index is 1.33. The average Bonchev–Trinajstić information content (AvgIpc) is 3.59. The number of benzene rings is 1. The highest BCUT2D eigenvalue weighted by molar-refractivity contribution is 8.01. The molecule has 44 heavy (non-hydrogen) atoms. The number of hydrogen-bond acceptors (Lipinski definition) is 15. The summed E-state index contributed by atoms with van der Waals surface area (Å²) in [7, 11) is 1.25. The summed E-state index contributed by atoms with van der Waals surface area (Å²) in [6.45, 7) is 0. The highest BCUT2D eigenvalue weighted by Crippen LogP contribution is 2.43. The molecule has 230 valence electrons. The van der Waals surface area contributed by atoms with Crippen LogP contribution in [0.1, 0.15) is 10.6 Å². The molecule has 19 heteroatoms. The Morgan fingerprint density at radius 2 is 2.00 bits per heavy atom. The maximum atomic E-state index is 13.1. The third-order valence-corrected chi connectivity index (χ3v) is 10.6. The van der Waals surface area contributed by atoms with Crippen LogP contribution in [0.2, 0.25) is 0 Å². The molecule has 2 aromatic heterocycles. The molecule has 5 rings (SSSR count). The van der Waals surface area contributed by atoms with Crippen LogP contribution in [-0.2, 0) is 30.4 Å². The summed E-state index contributed by atoms with van der Waals surface area (Å²) in [4.78, 5) is 64.7. The maximum absolute atomic E-state index is 13.1. The molecule has 1 aromatic carbocycles. The summed E-state index contributed by atoms with van der Waals surface area (Å²) in [6, 6.07) is 3.01. The third-order valence-electron chi connectivity index (χ3n) is 6.31. The number of nitrogen functional groups attached to an aromatic ring is 1. The lowest BCUT2D eigenvalue weighted by Gasteiger charge is -2.49. The summed E-state index contributed by atoms with van der Waals surface area (Å²) in [5.41, 5.74) is 6.59. The molecule has 1 fully saturated rings. The number of oxime groups is 1. The Bertz CT molecular complexity index is 1740. The second-order valence-corrected chi connectivity index (χ2v) is 13.4. The van der Waals surface area contributed by atoms with Crippen LogP contribution in [0, 0.1) is 0 Å². The van der Waals surface area contributed by atoms with Crippen molar-refractivity contribution in [1.29, 1.82) is 0 Å². The molecule has 3 aromatic rings. The third kappa shape index (κ3) is 6.16. The molecule has 4 heterocycles. The van der Waals surface area contributed by atoms with Crippen molar-refractivity contribution >= 4 is 80.8 Å². The van der Waals surface area contributed by atoms with E-state index in [4.69, 9.17) is 10.6 Å². The number of nitrogens with one attached hydrogen (secondary N) is 1. The zero-order valence-corrected chi connectivity index (χ0v) is 25.7. The minimum Gasteiger partial charge on any atom is -0.504 e. The molecule has 0 spiro atoms. The van der Waals surface area contributed by atoms with Crippen LogP contribution in [0.25, 0.3) is 11.3 Å². The van der Waals surface area contributed by atoms with Gasteiger partial charge in [0.1, 0.15) is 29.9 Å². The molecule has 0 saturated carbocycles. The zero-order chi connectivity index (χ0) is 31.7. The SMILES string of the molecule is CO/N=C(\C(=O)N[C@@H]1C(=O)N2C(C(=O)O)=C(CSc3nc(-c4ccc(O)c(O)c4)c(CC(=O)O)s3)CS[C@H]12)c1csc(N)n1. The van der Waals surface area contributed by atoms with Crippen molar-refractivity contribution in [2.24, 2.45) is 5.16 Å². The van der Waals surface area contributed by atoms with Gasteiger partial charge in [0.2, 0.25) is 0 Å². The number of thioether (sulfide) groups is 2. The van der Waals surface area contributed by atoms with Gasteiger partial charge in [0.05, 0.1) is 12.1 Å². The van der Waals surface area contributed by atoms with Crippen LogP contribution >= 0.6 is 46.2 Å². The molecule has 0 radical (unpaired) electrons. The number of nitrogens with zero attached hydrogens (tertiary/aromatic N) is 4. The van der Waals surface area contributed by atoms with Crippen molar-refractivity contribution in [3.63, 3.8) is 0 Å².